The van der Waals surface area contributed by atoms with Crippen LogP contribution in [0.2, 0.25) is 0 Å². The van der Waals surface area contributed by atoms with Gasteiger partial charge in [0.2, 0.25) is 0 Å². The predicted octanol–water partition coefficient (Wildman–Crippen LogP) is 4.58. The van der Waals surface area contributed by atoms with Crippen LogP contribution in [0.15, 0.2) is 47.6 Å². The van der Waals surface area contributed by atoms with Crippen LogP contribution in [0.3, 0.4) is 0 Å². The summed E-state index contributed by atoms with van der Waals surface area (Å²) in [5.74, 6) is 3.30. The predicted molar refractivity (Wildman–Crippen MR) is 105 cm³/mol. The van der Waals surface area contributed by atoms with E-state index in [4.69, 9.17) is 9.47 Å². The molecule has 0 radical (unpaired) electrons. The molecule has 26 heavy (non-hydrogen) atoms. The molecule has 3 aromatic rings. The maximum absolute atomic E-state index is 5.47. The summed E-state index contributed by atoms with van der Waals surface area (Å²) in [6.07, 6.45) is 0. The van der Waals surface area contributed by atoms with Gasteiger partial charge in [-0.3, -0.25) is 0 Å². The molecule has 0 bridgehead atoms. The van der Waals surface area contributed by atoms with Gasteiger partial charge in [0.05, 0.1) is 14.2 Å². The minimum atomic E-state index is 0.728. The highest BCUT2D eigenvalue weighted by molar-refractivity contribution is 7.98. The van der Waals surface area contributed by atoms with Gasteiger partial charge in [-0.15, -0.1) is 10.2 Å². The summed E-state index contributed by atoms with van der Waals surface area (Å²) in [5, 5.41) is 9.76. The monoisotopic (exact) mass is 369 g/mol. The van der Waals surface area contributed by atoms with E-state index in [0.717, 1.165) is 45.9 Å². The van der Waals surface area contributed by atoms with Crippen molar-refractivity contribution in [2.75, 3.05) is 14.2 Å². The molecule has 0 spiro atoms. The van der Waals surface area contributed by atoms with Crippen molar-refractivity contribution in [1.29, 1.82) is 0 Å². The van der Waals surface area contributed by atoms with Crippen LogP contribution in [0, 0.1) is 6.92 Å². The smallest absolute Gasteiger partial charge is 0.191 e. The minimum absolute atomic E-state index is 0.728. The van der Waals surface area contributed by atoms with Crippen molar-refractivity contribution in [3.05, 3.63) is 53.6 Å². The van der Waals surface area contributed by atoms with E-state index >= 15 is 0 Å². The first kappa shape index (κ1) is 18.3. The van der Waals surface area contributed by atoms with Crippen molar-refractivity contribution in [1.82, 2.24) is 14.8 Å². The molecular weight excluding hydrogens is 346 g/mol. The highest BCUT2D eigenvalue weighted by Crippen LogP contribution is 2.32. The van der Waals surface area contributed by atoms with Crippen LogP contribution in [-0.4, -0.2) is 29.0 Å². The Morgan fingerprint density at radius 3 is 2.54 bits per heavy atom. The molecule has 5 nitrogen and oxygen atoms in total. The molecule has 0 aliphatic carbocycles. The van der Waals surface area contributed by atoms with Gasteiger partial charge in [-0.25, -0.2) is 0 Å². The van der Waals surface area contributed by atoms with E-state index in [-0.39, 0.29) is 0 Å². The lowest BCUT2D eigenvalue weighted by atomic mass is 10.1. The fourth-order valence-corrected chi connectivity index (χ4v) is 3.82. The third-order valence-electron chi connectivity index (χ3n) is 4.26. The first-order chi connectivity index (χ1) is 12.7. The van der Waals surface area contributed by atoms with Crippen LogP contribution in [-0.2, 0) is 12.3 Å². The number of methoxy groups -OCH3 is 2. The Balaban J connectivity index is 1.87. The lowest BCUT2D eigenvalue weighted by Crippen LogP contribution is -2.01. The molecule has 136 valence electrons. The number of ether oxygens (including phenoxy) is 2. The first-order valence-corrected chi connectivity index (χ1v) is 9.49. The van der Waals surface area contributed by atoms with Gasteiger partial charge >= 0.3 is 0 Å². The number of hydrogen-bond acceptors (Lipinski definition) is 5. The van der Waals surface area contributed by atoms with Crippen LogP contribution in [0.25, 0.3) is 11.4 Å². The van der Waals surface area contributed by atoms with E-state index in [1.165, 1.54) is 5.56 Å². The van der Waals surface area contributed by atoms with E-state index in [1.807, 2.05) is 30.3 Å². The maximum atomic E-state index is 5.47. The van der Waals surface area contributed by atoms with Crippen LogP contribution < -0.4 is 9.47 Å². The SMILES string of the molecule is CCn1c(SCc2cc(OC)ccc2OC)nnc1-c1ccccc1C. The van der Waals surface area contributed by atoms with Crippen molar-refractivity contribution in [3.63, 3.8) is 0 Å². The van der Waals surface area contributed by atoms with Crippen molar-refractivity contribution < 1.29 is 9.47 Å². The van der Waals surface area contributed by atoms with Gasteiger partial charge in [0.25, 0.3) is 0 Å². The molecule has 0 saturated carbocycles. The van der Waals surface area contributed by atoms with E-state index in [1.54, 1.807) is 26.0 Å². The second-order valence-electron chi connectivity index (χ2n) is 5.83. The van der Waals surface area contributed by atoms with Gasteiger partial charge in [-0.1, -0.05) is 36.0 Å². The molecular formula is C20H23N3O2S. The molecule has 0 unspecified atom stereocenters. The van der Waals surface area contributed by atoms with Crippen LogP contribution >= 0.6 is 11.8 Å². The zero-order valence-electron chi connectivity index (χ0n) is 15.5. The van der Waals surface area contributed by atoms with Crippen molar-refractivity contribution in [2.45, 2.75) is 31.3 Å². The van der Waals surface area contributed by atoms with Gasteiger partial charge < -0.3 is 14.0 Å². The van der Waals surface area contributed by atoms with Crippen LogP contribution in [0.4, 0.5) is 0 Å². The van der Waals surface area contributed by atoms with Gasteiger partial charge in [0, 0.05) is 23.4 Å². The third-order valence-corrected chi connectivity index (χ3v) is 5.28. The quantitative estimate of drug-likeness (QED) is 0.571. The summed E-state index contributed by atoms with van der Waals surface area (Å²) in [6.45, 7) is 5.02. The highest BCUT2D eigenvalue weighted by atomic mass is 32.2. The summed E-state index contributed by atoms with van der Waals surface area (Å²) in [4.78, 5) is 0. The van der Waals surface area contributed by atoms with Gasteiger partial charge in [-0.2, -0.15) is 0 Å². The fourth-order valence-electron chi connectivity index (χ4n) is 2.84. The average Bonchev–Trinajstić information content (AvgIpc) is 3.09. The van der Waals surface area contributed by atoms with E-state index in [9.17, 15) is 0 Å². The molecule has 0 aliphatic heterocycles. The third kappa shape index (κ3) is 3.70. The van der Waals surface area contributed by atoms with Gasteiger partial charge in [0.1, 0.15) is 11.5 Å². The molecule has 0 amide bonds. The second kappa shape index (κ2) is 8.27. The minimum Gasteiger partial charge on any atom is -0.497 e. The number of nitrogens with zero attached hydrogens (tertiary/aromatic N) is 3. The largest absolute Gasteiger partial charge is 0.497 e. The van der Waals surface area contributed by atoms with Crippen molar-refractivity contribution >= 4 is 11.8 Å². The second-order valence-corrected chi connectivity index (χ2v) is 6.77. The molecule has 0 fully saturated rings. The molecule has 0 atom stereocenters. The summed E-state index contributed by atoms with van der Waals surface area (Å²) < 4.78 is 12.9. The molecule has 0 saturated heterocycles. The maximum Gasteiger partial charge on any atom is 0.191 e. The molecule has 3 rings (SSSR count). The lowest BCUT2D eigenvalue weighted by Gasteiger charge is -2.11. The van der Waals surface area contributed by atoms with Crippen molar-refractivity contribution in [3.8, 4) is 22.9 Å². The Morgan fingerprint density at radius 2 is 1.85 bits per heavy atom. The standard InChI is InChI=1S/C20H23N3O2S/c1-5-23-19(17-9-7-6-8-14(17)2)21-22-20(23)26-13-15-12-16(24-3)10-11-18(15)25-4/h6-12H,5,13H2,1-4H3. The summed E-state index contributed by atoms with van der Waals surface area (Å²) in [6, 6.07) is 14.1. The first-order valence-electron chi connectivity index (χ1n) is 8.50. The highest BCUT2D eigenvalue weighted by Gasteiger charge is 2.15. The van der Waals surface area contributed by atoms with E-state index in [2.05, 4.69) is 40.7 Å². The van der Waals surface area contributed by atoms with Crippen LogP contribution in [0.1, 0.15) is 18.1 Å². The number of aryl methyl sites for hydroxylation is 1. The number of aromatic nitrogens is 3. The van der Waals surface area contributed by atoms with E-state index in [0.29, 0.717) is 0 Å². The molecule has 0 aliphatic rings. The molecule has 6 heteroatoms. The molecule has 1 heterocycles. The lowest BCUT2D eigenvalue weighted by molar-refractivity contribution is 0.400. The number of benzene rings is 2. The number of thioether (sulfide) groups is 1. The molecule has 2 aromatic carbocycles. The van der Waals surface area contributed by atoms with Gasteiger partial charge in [-0.05, 0) is 37.6 Å². The number of hydrogen-bond donors (Lipinski definition) is 0. The summed E-state index contributed by atoms with van der Waals surface area (Å²) >= 11 is 1.65. The Kier molecular flexibility index (Phi) is 5.83. The molecule has 0 N–H and O–H groups in total. The van der Waals surface area contributed by atoms with E-state index < -0.39 is 0 Å². The molecule has 1 aromatic heterocycles. The topological polar surface area (TPSA) is 49.2 Å². The van der Waals surface area contributed by atoms with Gasteiger partial charge in [0.15, 0.2) is 11.0 Å². The normalized spacial score (nSPS) is 10.8. The Labute approximate surface area is 158 Å². The van der Waals surface area contributed by atoms with Crippen LogP contribution in [0.5, 0.6) is 11.5 Å². The number of rotatable bonds is 7. The zero-order chi connectivity index (χ0) is 18.5. The van der Waals surface area contributed by atoms with Crippen molar-refractivity contribution in [2.24, 2.45) is 0 Å². The average molecular weight is 369 g/mol. The summed E-state index contributed by atoms with van der Waals surface area (Å²) in [5.41, 5.74) is 3.38. The fraction of sp³-hybridized carbons (Fsp3) is 0.300. The summed E-state index contributed by atoms with van der Waals surface area (Å²) in [7, 11) is 3.35. The Morgan fingerprint density at radius 1 is 1.04 bits per heavy atom. The Bertz CT molecular complexity index is 893. The Hall–Kier alpha value is -2.47. The zero-order valence-corrected chi connectivity index (χ0v) is 16.3.